The number of furan rings is 1. The average molecular weight is 373 g/mol. The van der Waals surface area contributed by atoms with Crippen molar-refractivity contribution in [2.75, 3.05) is 6.54 Å². The summed E-state index contributed by atoms with van der Waals surface area (Å²) in [5, 5.41) is 5.27. The van der Waals surface area contributed by atoms with E-state index in [4.69, 9.17) is 4.42 Å². The maximum Gasteiger partial charge on any atom is 0.325 e. The van der Waals surface area contributed by atoms with Crippen LogP contribution in [0.3, 0.4) is 0 Å². The second-order valence-electron chi connectivity index (χ2n) is 6.70. The van der Waals surface area contributed by atoms with E-state index < -0.39 is 36.0 Å². The van der Waals surface area contributed by atoms with Gasteiger partial charge in [0.15, 0.2) is 5.54 Å². The van der Waals surface area contributed by atoms with Crippen molar-refractivity contribution in [2.24, 2.45) is 0 Å². The summed E-state index contributed by atoms with van der Waals surface area (Å²) >= 11 is 0. The van der Waals surface area contributed by atoms with Crippen LogP contribution in [0.5, 0.6) is 0 Å². The molecule has 27 heavy (non-hydrogen) atoms. The van der Waals surface area contributed by atoms with Crippen LogP contribution >= 0.6 is 0 Å². The Bertz CT molecular complexity index is 893. The predicted octanol–water partition coefficient (Wildman–Crippen LogP) is 2.37. The molecule has 3 rings (SSSR count). The first-order valence-corrected chi connectivity index (χ1v) is 8.46. The van der Waals surface area contributed by atoms with Gasteiger partial charge in [-0.3, -0.25) is 14.5 Å². The molecule has 1 aliphatic rings. The first-order chi connectivity index (χ1) is 12.7. The van der Waals surface area contributed by atoms with Crippen molar-refractivity contribution in [1.82, 2.24) is 15.5 Å². The number of aryl methyl sites for hydroxylation is 1. The van der Waals surface area contributed by atoms with Gasteiger partial charge < -0.3 is 15.1 Å². The summed E-state index contributed by atoms with van der Waals surface area (Å²) in [7, 11) is 0. The third-order valence-electron chi connectivity index (χ3n) is 4.56. The van der Waals surface area contributed by atoms with E-state index in [1.165, 1.54) is 19.1 Å². The van der Waals surface area contributed by atoms with Gasteiger partial charge in [0.05, 0.1) is 6.04 Å². The van der Waals surface area contributed by atoms with Crippen LogP contribution in [0.4, 0.5) is 9.18 Å². The van der Waals surface area contributed by atoms with Gasteiger partial charge in [0.2, 0.25) is 5.91 Å². The quantitative estimate of drug-likeness (QED) is 0.787. The summed E-state index contributed by atoms with van der Waals surface area (Å²) in [5.41, 5.74) is -0.647. The van der Waals surface area contributed by atoms with E-state index >= 15 is 0 Å². The van der Waals surface area contributed by atoms with Gasteiger partial charge in [0.1, 0.15) is 23.9 Å². The second-order valence-corrected chi connectivity index (χ2v) is 6.70. The van der Waals surface area contributed by atoms with Crippen molar-refractivity contribution >= 4 is 17.8 Å². The first-order valence-electron chi connectivity index (χ1n) is 8.46. The lowest BCUT2D eigenvalue weighted by Gasteiger charge is -2.20. The average Bonchev–Trinajstić information content (AvgIpc) is 3.14. The Morgan fingerprint density at radius 3 is 2.52 bits per heavy atom. The van der Waals surface area contributed by atoms with E-state index in [-0.39, 0.29) is 5.82 Å². The van der Waals surface area contributed by atoms with Crippen molar-refractivity contribution in [2.45, 2.75) is 32.4 Å². The minimum absolute atomic E-state index is 0.306. The molecule has 0 spiro atoms. The van der Waals surface area contributed by atoms with Crippen LogP contribution in [-0.4, -0.2) is 29.3 Å². The molecule has 1 saturated heterocycles. The number of carbonyl (C=O) groups is 3. The van der Waals surface area contributed by atoms with Crippen molar-refractivity contribution in [3.8, 4) is 0 Å². The topological polar surface area (TPSA) is 91.7 Å². The second kappa shape index (κ2) is 6.86. The van der Waals surface area contributed by atoms with E-state index in [0.717, 1.165) is 4.90 Å². The van der Waals surface area contributed by atoms with Crippen molar-refractivity contribution in [3.05, 3.63) is 59.3 Å². The zero-order valence-electron chi connectivity index (χ0n) is 15.2. The number of hydrogen-bond donors (Lipinski definition) is 2. The van der Waals surface area contributed by atoms with Gasteiger partial charge >= 0.3 is 6.03 Å². The van der Waals surface area contributed by atoms with Crippen molar-refractivity contribution < 1.29 is 23.2 Å². The molecule has 0 saturated carbocycles. The van der Waals surface area contributed by atoms with Gasteiger partial charge in [-0.25, -0.2) is 9.18 Å². The number of urea groups is 1. The van der Waals surface area contributed by atoms with Crippen LogP contribution < -0.4 is 10.6 Å². The Morgan fingerprint density at radius 2 is 1.93 bits per heavy atom. The Labute approximate surface area is 155 Å². The number of halogens is 1. The number of amides is 4. The molecule has 0 bridgehead atoms. The van der Waals surface area contributed by atoms with E-state index in [9.17, 15) is 18.8 Å². The highest BCUT2D eigenvalue weighted by Crippen LogP contribution is 2.30. The minimum atomic E-state index is -1.35. The molecule has 2 atom stereocenters. The molecule has 0 radical (unpaired) electrons. The standard InChI is InChI=1S/C19H20FN3O4/c1-11-4-9-15(27-11)19(3)17(25)23(18(26)22-19)10-16(24)21-12(2)13-5-7-14(20)8-6-13/h4-9,12H,10H2,1-3H3,(H,21,24)(H,22,26)/t12-,19-/m1/s1. The van der Waals surface area contributed by atoms with Crippen LogP contribution in [0.25, 0.3) is 0 Å². The third-order valence-corrected chi connectivity index (χ3v) is 4.56. The summed E-state index contributed by atoms with van der Waals surface area (Å²) in [6.07, 6.45) is 0. The van der Waals surface area contributed by atoms with E-state index in [1.807, 2.05) is 0 Å². The highest BCUT2D eigenvalue weighted by molar-refractivity contribution is 6.08. The summed E-state index contributed by atoms with van der Waals surface area (Å²) in [4.78, 5) is 38.1. The zero-order chi connectivity index (χ0) is 19.8. The smallest absolute Gasteiger partial charge is 0.325 e. The summed E-state index contributed by atoms with van der Waals surface area (Å²) in [5.74, 6) is -0.524. The van der Waals surface area contributed by atoms with Crippen LogP contribution in [0.15, 0.2) is 40.8 Å². The van der Waals surface area contributed by atoms with E-state index in [0.29, 0.717) is 17.1 Å². The van der Waals surface area contributed by atoms with E-state index in [1.54, 1.807) is 38.1 Å². The van der Waals surface area contributed by atoms with Gasteiger partial charge in [-0.15, -0.1) is 0 Å². The molecule has 2 aromatic rings. The van der Waals surface area contributed by atoms with Gasteiger partial charge in [-0.2, -0.15) is 0 Å². The van der Waals surface area contributed by atoms with E-state index in [2.05, 4.69) is 10.6 Å². The van der Waals surface area contributed by atoms with Crippen LogP contribution in [0, 0.1) is 12.7 Å². The van der Waals surface area contributed by atoms with Crippen molar-refractivity contribution in [1.29, 1.82) is 0 Å². The largest absolute Gasteiger partial charge is 0.463 e. The Hall–Kier alpha value is -3.16. The van der Waals surface area contributed by atoms with Gasteiger partial charge in [-0.1, -0.05) is 12.1 Å². The maximum absolute atomic E-state index is 13.0. The van der Waals surface area contributed by atoms with Crippen molar-refractivity contribution in [3.63, 3.8) is 0 Å². The van der Waals surface area contributed by atoms with Gasteiger partial charge in [0, 0.05) is 0 Å². The molecule has 7 nitrogen and oxygen atoms in total. The normalized spacial score (nSPS) is 20.5. The fraction of sp³-hybridized carbons (Fsp3) is 0.316. The lowest BCUT2D eigenvalue weighted by atomic mass is 9.99. The fourth-order valence-electron chi connectivity index (χ4n) is 2.98. The molecule has 1 aliphatic heterocycles. The molecular formula is C19H20FN3O4. The SMILES string of the molecule is Cc1ccc([C@@]2(C)NC(=O)N(CC(=O)N[C@H](C)c3ccc(F)cc3)C2=O)o1. The molecule has 0 unspecified atom stereocenters. The Kier molecular flexibility index (Phi) is 4.73. The number of benzene rings is 1. The molecule has 4 amide bonds. The number of carbonyl (C=O) groups excluding carboxylic acids is 3. The molecule has 1 aromatic carbocycles. The molecule has 2 heterocycles. The lowest BCUT2D eigenvalue weighted by Crippen LogP contribution is -2.43. The summed E-state index contributed by atoms with van der Waals surface area (Å²) in [6, 6.07) is 7.96. The Balaban J connectivity index is 1.68. The molecule has 1 aromatic heterocycles. The number of imide groups is 1. The van der Waals surface area contributed by atoms with Crippen LogP contribution in [0.2, 0.25) is 0 Å². The van der Waals surface area contributed by atoms with Crippen LogP contribution in [-0.2, 0) is 15.1 Å². The van der Waals surface area contributed by atoms with Crippen LogP contribution in [0.1, 0.15) is 37.0 Å². The molecule has 0 aliphatic carbocycles. The Morgan fingerprint density at radius 1 is 1.26 bits per heavy atom. The molecular weight excluding hydrogens is 353 g/mol. The third kappa shape index (κ3) is 3.55. The predicted molar refractivity (Wildman–Crippen MR) is 94.0 cm³/mol. The fourth-order valence-corrected chi connectivity index (χ4v) is 2.98. The highest BCUT2D eigenvalue weighted by Gasteiger charge is 2.51. The monoisotopic (exact) mass is 373 g/mol. The maximum atomic E-state index is 13.0. The molecule has 142 valence electrons. The number of hydrogen-bond acceptors (Lipinski definition) is 4. The first kappa shape index (κ1) is 18.6. The van der Waals surface area contributed by atoms with Gasteiger partial charge in [-0.05, 0) is 50.6 Å². The number of nitrogens with zero attached hydrogens (tertiary/aromatic N) is 1. The minimum Gasteiger partial charge on any atom is -0.463 e. The zero-order valence-corrected chi connectivity index (χ0v) is 15.2. The highest BCUT2D eigenvalue weighted by atomic mass is 19.1. The molecule has 8 heteroatoms. The summed E-state index contributed by atoms with van der Waals surface area (Å²) in [6.45, 7) is 4.57. The van der Waals surface area contributed by atoms with Gasteiger partial charge in [0.25, 0.3) is 5.91 Å². The molecule has 1 fully saturated rings. The number of nitrogens with one attached hydrogen (secondary N) is 2. The number of rotatable bonds is 5. The summed E-state index contributed by atoms with van der Waals surface area (Å²) < 4.78 is 18.5. The molecule has 2 N–H and O–H groups in total. The lowest BCUT2D eigenvalue weighted by molar-refractivity contribution is -0.135.